The molecule has 0 saturated carbocycles. The van der Waals surface area contributed by atoms with E-state index in [1.807, 2.05) is 0 Å². The lowest BCUT2D eigenvalue weighted by atomic mass is 10.1. The van der Waals surface area contributed by atoms with Gasteiger partial charge >= 0.3 is 0 Å². The van der Waals surface area contributed by atoms with Gasteiger partial charge in [0.25, 0.3) is 5.56 Å². The summed E-state index contributed by atoms with van der Waals surface area (Å²) in [5.41, 5.74) is 2.00. The summed E-state index contributed by atoms with van der Waals surface area (Å²) in [4.78, 5) is 30.5. The molecule has 0 unspecified atom stereocenters. The van der Waals surface area contributed by atoms with Gasteiger partial charge in [-0.3, -0.25) is 14.7 Å². The fourth-order valence-electron chi connectivity index (χ4n) is 3.15. The van der Waals surface area contributed by atoms with Crippen molar-refractivity contribution in [1.82, 2.24) is 19.5 Å². The number of aromatic amines is 1. The zero-order chi connectivity index (χ0) is 17.4. The summed E-state index contributed by atoms with van der Waals surface area (Å²) >= 11 is 0. The average molecular weight is 340 g/mol. The number of nitrogens with one attached hydrogen (secondary N) is 1. The lowest BCUT2D eigenvalue weighted by Gasteiger charge is -2.26. The Balaban J connectivity index is 1.69. The number of aromatic nitrogens is 3. The van der Waals surface area contributed by atoms with Gasteiger partial charge in [-0.05, 0) is 25.0 Å². The standard InChI is InChI=1S/C18H17FN4O2/c19-13-5-3-4-12(8-13)15-10-16-20-14(9-18(25)23(16)21-15)11-22-7-2-1-6-17(22)24/h3-5,8-10,21H,1-2,6-7,11H2. The minimum absolute atomic E-state index is 0.0998. The molecule has 128 valence electrons. The third kappa shape index (κ3) is 3.05. The summed E-state index contributed by atoms with van der Waals surface area (Å²) in [6.07, 6.45) is 2.44. The largest absolute Gasteiger partial charge is 0.337 e. The summed E-state index contributed by atoms with van der Waals surface area (Å²) in [5.74, 6) is -0.247. The van der Waals surface area contributed by atoms with E-state index in [9.17, 15) is 14.0 Å². The smallest absolute Gasteiger partial charge is 0.272 e. The molecule has 3 aromatic rings. The molecule has 4 rings (SSSR count). The van der Waals surface area contributed by atoms with Crippen molar-refractivity contribution in [3.63, 3.8) is 0 Å². The lowest BCUT2D eigenvalue weighted by Crippen LogP contribution is -2.35. The maximum absolute atomic E-state index is 13.4. The zero-order valence-corrected chi connectivity index (χ0v) is 13.5. The van der Waals surface area contributed by atoms with Gasteiger partial charge in [-0.1, -0.05) is 12.1 Å². The number of hydrogen-bond donors (Lipinski definition) is 1. The van der Waals surface area contributed by atoms with E-state index in [0.29, 0.717) is 42.1 Å². The number of benzene rings is 1. The second-order valence-electron chi connectivity index (χ2n) is 6.23. The predicted octanol–water partition coefficient (Wildman–Crippen LogP) is 2.34. The van der Waals surface area contributed by atoms with Gasteiger partial charge in [0.1, 0.15) is 5.82 Å². The first-order chi connectivity index (χ1) is 12.1. The number of hydrogen-bond acceptors (Lipinski definition) is 3. The summed E-state index contributed by atoms with van der Waals surface area (Å²) in [6, 6.07) is 9.26. The van der Waals surface area contributed by atoms with E-state index in [4.69, 9.17) is 0 Å². The highest BCUT2D eigenvalue weighted by Crippen LogP contribution is 2.20. The van der Waals surface area contributed by atoms with Crippen LogP contribution in [0.25, 0.3) is 16.9 Å². The number of piperidine rings is 1. The number of halogens is 1. The van der Waals surface area contributed by atoms with Gasteiger partial charge in [-0.25, -0.2) is 13.9 Å². The van der Waals surface area contributed by atoms with Crippen molar-refractivity contribution in [2.45, 2.75) is 25.8 Å². The van der Waals surface area contributed by atoms with E-state index < -0.39 is 0 Å². The molecule has 1 saturated heterocycles. The number of H-pyrrole nitrogens is 1. The Bertz CT molecular complexity index is 1010. The van der Waals surface area contributed by atoms with Crippen molar-refractivity contribution >= 4 is 11.6 Å². The lowest BCUT2D eigenvalue weighted by molar-refractivity contribution is -0.133. The predicted molar refractivity (Wildman–Crippen MR) is 90.5 cm³/mol. The quantitative estimate of drug-likeness (QED) is 0.795. The number of rotatable bonds is 3. The first-order valence-electron chi connectivity index (χ1n) is 8.25. The molecular weight excluding hydrogens is 323 g/mol. The molecule has 0 spiro atoms. The fourth-order valence-corrected chi connectivity index (χ4v) is 3.15. The zero-order valence-electron chi connectivity index (χ0n) is 13.5. The summed E-state index contributed by atoms with van der Waals surface area (Å²) < 4.78 is 14.7. The Morgan fingerprint density at radius 1 is 1.16 bits per heavy atom. The van der Waals surface area contributed by atoms with Crippen LogP contribution in [-0.4, -0.2) is 31.9 Å². The van der Waals surface area contributed by atoms with Crippen LogP contribution in [0.15, 0.2) is 41.2 Å². The van der Waals surface area contributed by atoms with Crippen LogP contribution in [0.2, 0.25) is 0 Å². The van der Waals surface area contributed by atoms with E-state index in [2.05, 4.69) is 10.1 Å². The molecule has 3 heterocycles. The molecule has 0 atom stereocenters. The third-order valence-corrected chi connectivity index (χ3v) is 4.41. The Kier molecular flexibility index (Phi) is 3.83. The van der Waals surface area contributed by atoms with Gasteiger partial charge in [-0.2, -0.15) is 0 Å². The minimum atomic E-state index is -0.347. The second-order valence-corrected chi connectivity index (χ2v) is 6.23. The van der Waals surface area contributed by atoms with Crippen molar-refractivity contribution < 1.29 is 9.18 Å². The maximum atomic E-state index is 13.4. The molecule has 1 N–H and O–H groups in total. The molecule has 1 aromatic carbocycles. The van der Waals surface area contributed by atoms with E-state index >= 15 is 0 Å². The van der Waals surface area contributed by atoms with Crippen LogP contribution < -0.4 is 5.56 Å². The molecule has 0 bridgehead atoms. The van der Waals surface area contributed by atoms with Gasteiger partial charge in [0.05, 0.1) is 17.9 Å². The Hall–Kier alpha value is -2.96. The van der Waals surface area contributed by atoms with Crippen molar-refractivity contribution in [2.75, 3.05) is 6.54 Å². The van der Waals surface area contributed by atoms with Crippen LogP contribution in [0, 0.1) is 5.82 Å². The van der Waals surface area contributed by atoms with Crippen molar-refractivity contribution in [3.05, 3.63) is 58.3 Å². The highest BCUT2D eigenvalue weighted by molar-refractivity contribution is 5.76. The van der Waals surface area contributed by atoms with E-state index in [-0.39, 0.29) is 17.3 Å². The Labute approximate surface area is 142 Å². The molecule has 6 nitrogen and oxygen atoms in total. The van der Waals surface area contributed by atoms with Crippen molar-refractivity contribution in [1.29, 1.82) is 0 Å². The number of nitrogens with zero attached hydrogens (tertiary/aromatic N) is 3. The molecule has 7 heteroatoms. The van der Waals surface area contributed by atoms with Gasteiger partial charge in [0, 0.05) is 30.7 Å². The molecule has 1 amide bonds. The van der Waals surface area contributed by atoms with Crippen LogP contribution in [-0.2, 0) is 11.3 Å². The number of amides is 1. The van der Waals surface area contributed by atoms with E-state index in [0.717, 1.165) is 12.8 Å². The SMILES string of the molecule is O=C1CCCCN1Cc1cc(=O)n2[nH]c(-c3cccc(F)c3)cc2n1. The van der Waals surface area contributed by atoms with Crippen LogP contribution in [0.4, 0.5) is 4.39 Å². The number of carbonyl (C=O) groups is 1. The fraction of sp³-hybridized carbons (Fsp3) is 0.278. The third-order valence-electron chi connectivity index (χ3n) is 4.41. The summed E-state index contributed by atoms with van der Waals surface area (Å²) in [5, 5.41) is 2.94. The van der Waals surface area contributed by atoms with Crippen LogP contribution in [0.1, 0.15) is 25.0 Å². The highest BCUT2D eigenvalue weighted by atomic mass is 19.1. The molecule has 25 heavy (non-hydrogen) atoms. The first kappa shape index (κ1) is 15.6. The van der Waals surface area contributed by atoms with E-state index in [1.165, 1.54) is 22.7 Å². The summed E-state index contributed by atoms with van der Waals surface area (Å²) in [7, 11) is 0. The molecule has 0 aliphatic carbocycles. The Morgan fingerprint density at radius 2 is 2.04 bits per heavy atom. The van der Waals surface area contributed by atoms with Crippen LogP contribution in [0.3, 0.4) is 0 Å². The van der Waals surface area contributed by atoms with Crippen molar-refractivity contribution in [2.24, 2.45) is 0 Å². The molecule has 0 radical (unpaired) electrons. The van der Waals surface area contributed by atoms with Crippen molar-refractivity contribution in [3.8, 4) is 11.3 Å². The highest BCUT2D eigenvalue weighted by Gasteiger charge is 2.19. The number of fused-ring (bicyclic) bond motifs is 1. The van der Waals surface area contributed by atoms with E-state index in [1.54, 1.807) is 23.1 Å². The molecular formula is C18H17FN4O2. The van der Waals surface area contributed by atoms with Gasteiger partial charge in [0.15, 0.2) is 5.65 Å². The number of carbonyl (C=O) groups excluding carboxylic acids is 1. The normalized spacial score (nSPS) is 15.1. The van der Waals surface area contributed by atoms with Gasteiger partial charge in [-0.15, -0.1) is 0 Å². The minimum Gasteiger partial charge on any atom is -0.337 e. The molecule has 1 fully saturated rings. The summed E-state index contributed by atoms with van der Waals surface area (Å²) in [6.45, 7) is 1.03. The molecule has 1 aliphatic rings. The Morgan fingerprint density at radius 3 is 2.84 bits per heavy atom. The van der Waals surface area contributed by atoms with Crippen LogP contribution in [0.5, 0.6) is 0 Å². The second kappa shape index (κ2) is 6.16. The average Bonchev–Trinajstić information content (AvgIpc) is 3.02. The monoisotopic (exact) mass is 340 g/mol. The topological polar surface area (TPSA) is 70.5 Å². The number of likely N-dealkylation sites (tertiary alicyclic amines) is 1. The first-order valence-corrected chi connectivity index (χ1v) is 8.25. The molecule has 1 aliphatic heterocycles. The maximum Gasteiger partial charge on any atom is 0.272 e. The molecule has 2 aromatic heterocycles. The van der Waals surface area contributed by atoms with Crippen LogP contribution >= 0.6 is 0 Å². The van der Waals surface area contributed by atoms with Gasteiger partial charge in [0.2, 0.25) is 5.91 Å². The van der Waals surface area contributed by atoms with Gasteiger partial charge < -0.3 is 4.90 Å².